The van der Waals surface area contributed by atoms with Crippen LogP contribution in [0, 0.1) is 6.92 Å². The highest BCUT2D eigenvalue weighted by atomic mass is 32.2. The zero-order chi connectivity index (χ0) is 23.2. The fourth-order valence-electron chi connectivity index (χ4n) is 3.98. The summed E-state index contributed by atoms with van der Waals surface area (Å²) in [5.74, 6) is -1.61. The number of hydrogen-bond donors (Lipinski definition) is 3. The lowest BCUT2D eigenvalue weighted by molar-refractivity contribution is 0.0998. The predicted molar refractivity (Wildman–Crippen MR) is 128 cm³/mol. The molecule has 32 heavy (non-hydrogen) atoms. The minimum absolute atomic E-state index is 0.295. The van der Waals surface area contributed by atoms with Crippen LogP contribution in [0.3, 0.4) is 0 Å². The maximum absolute atomic E-state index is 12.5. The average molecular weight is 450 g/mol. The van der Waals surface area contributed by atoms with Crippen molar-refractivity contribution in [2.45, 2.75) is 6.92 Å². The first kappa shape index (κ1) is 21.6. The standard InChI is InChI=1S/C24H23N3O4S/c1-13-8-14(4-6-20(13)26-2)16-10-18-17-9-15(22(28)12-32(3,30)31)5-7-21(17)27-23(18)19(11-16)24(25)29/h4-11,26-27H,12H2,1-3H3,(H2,25,29). The van der Waals surface area contributed by atoms with Gasteiger partial charge in [-0.3, -0.25) is 9.59 Å². The fraction of sp³-hybridized carbons (Fsp3) is 0.167. The van der Waals surface area contributed by atoms with E-state index >= 15 is 0 Å². The van der Waals surface area contributed by atoms with Gasteiger partial charge in [0, 0.05) is 40.8 Å². The summed E-state index contributed by atoms with van der Waals surface area (Å²) in [4.78, 5) is 27.9. The molecule has 0 aliphatic carbocycles. The SMILES string of the molecule is CNc1ccc(-c2cc(C(N)=O)c3[nH]c4ccc(C(=O)CS(C)(=O)=O)cc4c3c2)cc1C. The summed E-state index contributed by atoms with van der Waals surface area (Å²) >= 11 is 0. The van der Waals surface area contributed by atoms with Crippen molar-refractivity contribution >= 4 is 49.0 Å². The van der Waals surface area contributed by atoms with E-state index in [1.165, 1.54) is 0 Å². The third kappa shape index (κ3) is 3.97. The van der Waals surface area contributed by atoms with Crippen LogP contribution in [0.1, 0.15) is 26.3 Å². The molecule has 0 aliphatic rings. The molecule has 0 fully saturated rings. The molecule has 0 bridgehead atoms. The van der Waals surface area contributed by atoms with Crippen LogP contribution in [0.2, 0.25) is 0 Å². The van der Waals surface area contributed by atoms with Crippen LogP contribution in [-0.4, -0.2) is 44.1 Å². The summed E-state index contributed by atoms with van der Waals surface area (Å²) in [5, 5.41) is 4.58. The summed E-state index contributed by atoms with van der Waals surface area (Å²) in [6, 6.07) is 14.6. The van der Waals surface area contributed by atoms with Crippen molar-refractivity contribution in [2.75, 3.05) is 24.4 Å². The molecule has 8 heteroatoms. The largest absolute Gasteiger partial charge is 0.388 e. The van der Waals surface area contributed by atoms with E-state index in [-0.39, 0.29) is 0 Å². The predicted octanol–water partition coefficient (Wildman–Crippen LogP) is 3.66. The molecule has 1 amide bonds. The van der Waals surface area contributed by atoms with Crippen molar-refractivity contribution in [3.05, 3.63) is 65.2 Å². The molecule has 3 aromatic carbocycles. The molecule has 0 radical (unpaired) electrons. The van der Waals surface area contributed by atoms with Gasteiger partial charge in [-0.2, -0.15) is 0 Å². The van der Waals surface area contributed by atoms with E-state index < -0.39 is 27.3 Å². The molecule has 7 nitrogen and oxygen atoms in total. The Bertz CT molecular complexity index is 1520. The second-order valence-electron chi connectivity index (χ2n) is 7.97. The second-order valence-corrected chi connectivity index (χ2v) is 10.1. The van der Waals surface area contributed by atoms with Gasteiger partial charge in [-0.15, -0.1) is 0 Å². The van der Waals surface area contributed by atoms with E-state index in [1.54, 1.807) is 24.3 Å². The number of nitrogens with one attached hydrogen (secondary N) is 2. The van der Waals surface area contributed by atoms with Gasteiger partial charge in [0.05, 0.1) is 11.1 Å². The zero-order valence-corrected chi connectivity index (χ0v) is 18.8. The van der Waals surface area contributed by atoms with Crippen molar-refractivity contribution in [3.63, 3.8) is 0 Å². The fourth-order valence-corrected chi connectivity index (χ4v) is 4.62. The lowest BCUT2D eigenvalue weighted by Crippen LogP contribution is -2.14. The summed E-state index contributed by atoms with van der Waals surface area (Å²) in [6.45, 7) is 1.99. The number of anilines is 1. The van der Waals surface area contributed by atoms with Gasteiger partial charge in [0.15, 0.2) is 15.6 Å². The Balaban J connectivity index is 1.95. The molecular formula is C24H23N3O4S. The van der Waals surface area contributed by atoms with Crippen LogP contribution in [-0.2, 0) is 9.84 Å². The molecule has 0 spiro atoms. The molecule has 0 unspecified atom stereocenters. The number of aromatic amines is 1. The molecule has 1 aromatic heterocycles. The van der Waals surface area contributed by atoms with Crippen molar-refractivity contribution in [1.29, 1.82) is 0 Å². The second kappa shape index (κ2) is 7.80. The number of amides is 1. The molecule has 4 N–H and O–H groups in total. The number of ketones is 1. The number of fused-ring (bicyclic) bond motifs is 3. The minimum atomic E-state index is -3.45. The van der Waals surface area contributed by atoms with Gasteiger partial charge >= 0.3 is 0 Å². The number of Topliss-reactive ketones (excluding diaryl/α,β-unsaturated/α-hetero) is 1. The van der Waals surface area contributed by atoms with E-state index in [0.29, 0.717) is 22.0 Å². The van der Waals surface area contributed by atoms with E-state index in [9.17, 15) is 18.0 Å². The number of aryl methyl sites for hydroxylation is 1. The van der Waals surface area contributed by atoms with Crippen LogP contribution >= 0.6 is 0 Å². The van der Waals surface area contributed by atoms with Gasteiger partial charge in [0.1, 0.15) is 5.75 Å². The summed E-state index contributed by atoms with van der Waals surface area (Å²) < 4.78 is 23.1. The highest BCUT2D eigenvalue weighted by molar-refractivity contribution is 7.91. The summed E-state index contributed by atoms with van der Waals surface area (Å²) in [5.41, 5.74) is 11.4. The maximum Gasteiger partial charge on any atom is 0.250 e. The number of H-pyrrole nitrogens is 1. The number of carbonyl (C=O) groups excluding carboxylic acids is 2. The van der Waals surface area contributed by atoms with Crippen LogP contribution in [0.15, 0.2) is 48.5 Å². The number of aromatic nitrogens is 1. The van der Waals surface area contributed by atoms with E-state index in [0.717, 1.165) is 39.5 Å². The first-order valence-corrected chi connectivity index (χ1v) is 12.0. The molecule has 0 aliphatic heterocycles. The zero-order valence-electron chi connectivity index (χ0n) is 17.9. The number of primary amides is 1. The van der Waals surface area contributed by atoms with Crippen LogP contribution < -0.4 is 11.1 Å². The maximum atomic E-state index is 12.5. The first-order valence-electron chi connectivity index (χ1n) is 9.96. The topological polar surface area (TPSA) is 122 Å². The number of benzene rings is 3. The summed E-state index contributed by atoms with van der Waals surface area (Å²) in [6.07, 6.45) is 1.03. The Hall–Kier alpha value is -3.65. The number of nitrogens with two attached hydrogens (primary N) is 1. The van der Waals surface area contributed by atoms with Gasteiger partial charge in [-0.05, 0) is 66.1 Å². The van der Waals surface area contributed by atoms with Gasteiger partial charge in [0.25, 0.3) is 5.91 Å². The Labute approximate surface area is 185 Å². The van der Waals surface area contributed by atoms with Gasteiger partial charge in [-0.25, -0.2) is 8.42 Å². The monoisotopic (exact) mass is 449 g/mol. The van der Waals surface area contributed by atoms with E-state index in [2.05, 4.69) is 10.3 Å². The molecule has 1 heterocycles. The van der Waals surface area contributed by atoms with Crippen LogP contribution in [0.4, 0.5) is 5.69 Å². The van der Waals surface area contributed by atoms with Crippen molar-refractivity contribution in [1.82, 2.24) is 4.98 Å². The number of carbonyl (C=O) groups is 2. The Morgan fingerprint density at radius 2 is 1.75 bits per heavy atom. The average Bonchev–Trinajstić information content (AvgIpc) is 3.09. The summed E-state index contributed by atoms with van der Waals surface area (Å²) in [7, 11) is -1.59. The Morgan fingerprint density at radius 3 is 2.38 bits per heavy atom. The number of sulfone groups is 1. The van der Waals surface area contributed by atoms with Gasteiger partial charge in [0.2, 0.25) is 0 Å². The quantitative estimate of drug-likeness (QED) is 0.388. The van der Waals surface area contributed by atoms with Gasteiger partial charge < -0.3 is 16.0 Å². The Morgan fingerprint density at radius 1 is 1.00 bits per heavy atom. The highest BCUT2D eigenvalue weighted by Gasteiger charge is 2.18. The lowest BCUT2D eigenvalue weighted by Gasteiger charge is -2.10. The van der Waals surface area contributed by atoms with E-state index in [1.807, 2.05) is 38.2 Å². The number of hydrogen-bond acceptors (Lipinski definition) is 5. The van der Waals surface area contributed by atoms with Crippen LogP contribution in [0.5, 0.6) is 0 Å². The van der Waals surface area contributed by atoms with E-state index in [4.69, 9.17) is 5.73 Å². The van der Waals surface area contributed by atoms with Crippen molar-refractivity contribution < 1.29 is 18.0 Å². The third-order valence-electron chi connectivity index (χ3n) is 5.52. The lowest BCUT2D eigenvalue weighted by atomic mass is 9.97. The molecule has 0 saturated carbocycles. The molecular weight excluding hydrogens is 426 g/mol. The molecule has 4 rings (SSSR count). The molecule has 0 saturated heterocycles. The minimum Gasteiger partial charge on any atom is -0.388 e. The number of rotatable bonds is 6. The smallest absolute Gasteiger partial charge is 0.250 e. The molecule has 164 valence electrons. The third-order valence-corrected chi connectivity index (χ3v) is 6.30. The normalized spacial score (nSPS) is 11.7. The Kier molecular flexibility index (Phi) is 5.26. The van der Waals surface area contributed by atoms with Crippen molar-refractivity contribution in [2.24, 2.45) is 5.73 Å². The van der Waals surface area contributed by atoms with Gasteiger partial charge in [-0.1, -0.05) is 6.07 Å². The molecule has 4 aromatic rings. The van der Waals surface area contributed by atoms with Crippen LogP contribution in [0.25, 0.3) is 32.9 Å². The highest BCUT2D eigenvalue weighted by Crippen LogP contribution is 2.34. The first-order chi connectivity index (χ1) is 15.1. The molecule has 0 atom stereocenters. The van der Waals surface area contributed by atoms with Crippen molar-refractivity contribution in [3.8, 4) is 11.1 Å².